The fourth-order valence-electron chi connectivity index (χ4n) is 6.01. The molecule has 0 spiro atoms. The Hall–Kier alpha value is -4.15. The van der Waals surface area contributed by atoms with Gasteiger partial charge >= 0.3 is 12.6 Å². The number of nitrogens with zero attached hydrogens (tertiary/aromatic N) is 6. The van der Waals surface area contributed by atoms with Crippen LogP contribution in [0.3, 0.4) is 0 Å². The molecule has 1 saturated heterocycles. The Kier molecular flexibility index (Phi) is 6.58. The number of piperidine rings is 1. The lowest BCUT2D eigenvalue weighted by Crippen LogP contribution is -2.45. The highest BCUT2D eigenvalue weighted by Crippen LogP contribution is 2.43. The molecule has 9 nitrogen and oxygen atoms in total. The Balaban J connectivity index is 1.24. The number of carbonyl (C=O) groups excluding carboxylic acids is 1. The summed E-state index contributed by atoms with van der Waals surface area (Å²) >= 11 is 0. The quantitative estimate of drug-likeness (QED) is 0.324. The number of methoxy groups -OCH3 is 1. The summed E-state index contributed by atoms with van der Waals surface area (Å²) in [5.41, 5.74) is 4.20. The van der Waals surface area contributed by atoms with Crippen LogP contribution in [-0.2, 0) is 16.0 Å². The number of alkyl halides is 2. The monoisotopic (exact) mass is 534 g/mol. The number of rotatable bonds is 7. The molecule has 1 saturated carbocycles. The van der Waals surface area contributed by atoms with Gasteiger partial charge in [-0.2, -0.15) is 13.9 Å². The Bertz CT molecular complexity index is 1500. The third-order valence-electron chi connectivity index (χ3n) is 7.84. The molecule has 1 unspecified atom stereocenters. The van der Waals surface area contributed by atoms with Crippen LogP contribution in [0.4, 0.5) is 14.7 Å². The van der Waals surface area contributed by atoms with Crippen molar-refractivity contribution < 1.29 is 23.0 Å². The first-order valence-electron chi connectivity index (χ1n) is 12.9. The van der Waals surface area contributed by atoms with E-state index in [9.17, 15) is 13.6 Å². The Morgan fingerprint density at radius 2 is 1.79 bits per heavy atom. The van der Waals surface area contributed by atoms with Crippen LogP contribution in [-0.4, -0.2) is 57.3 Å². The van der Waals surface area contributed by atoms with Gasteiger partial charge in [-0.3, -0.25) is 4.79 Å². The standard InChI is InChI=1S/C28H28F2N6O3/c1-16-22(11-17-5-3-4-6-23(17)39-27(29)30)36-24(33-16)10-9-21(34-36)20-12-31-28(32-13-20)35-14-18-7-8-19(15-35)25(18)26(37)38-2/h3-6,9-10,12-13,18-19,25,27H,7-8,11,14-15H2,1-2H3/t18-,19+,25?. The Morgan fingerprint density at radius 3 is 2.49 bits per heavy atom. The number of aromatic nitrogens is 5. The Labute approximate surface area is 223 Å². The van der Waals surface area contributed by atoms with Gasteiger partial charge in [-0.15, -0.1) is 0 Å². The number of halogens is 2. The number of anilines is 1. The minimum atomic E-state index is -2.91. The molecule has 4 aromatic rings. The third-order valence-corrected chi connectivity index (χ3v) is 7.84. The highest BCUT2D eigenvalue weighted by atomic mass is 19.3. The average Bonchev–Trinajstić information content (AvgIpc) is 3.39. The van der Waals surface area contributed by atoms with Crippen molar-refractivity contribution >= 4 is 17.6 Å². The molecule has 6 rings (SSSR count). The Morgan fingerprint density at radius 1 is 1.08 bits per heavy atom. The summed E-state index contributed by atoms with van der Waals surface area (Å²) < 4.78 is 37.3. The van der Waals surface area contributed by atoms with Crippen molar-refractivity contribution in [3.63, 3.8) is 0 Å². The zero-order chi connectivity index (χ0) is 27.1. The van der Waals surface area contributed by atoms with E-state index in [0.717, 1.165) is 42.9 Å². The summed E-state index contributed by atoms with van der Waals surface area (Å²) in [6, 6.07) is 10.5. The molecule has 2 fully saturated rings. The van der Waals surface area contributed by atoms with E-state index in [1.807, 2.05) is 19.1 Å². The maximum Gasteiger partial charge on any atom is 0.387 e. The van der Waals surface area contributed by atoms with Crippen molar-refractivity contribution in [2.24, 2.45) is 17.8 Å². The van der Waals surface area contributed by atoms with E-state index in [-0.39, 0.29) is 29.5 Å². The topological polar surface area (TPSA) is 94.7 Å². The van der Waals surface area contributed by atoms with E-state index in [0.29, 0.717) is 29.3 Å². The van der Waals surface area contributed by atoms with E-state index in [1.165, 1.54) is 13.2 Å². The number of fused-ring (bicyclic) bond motifs is 3. The highest BCUT2D eigenvalue weighted by molar-refractivity contribution is 5.74. The van der Waals surface area contributed by atoms with Gasteiger partial charge in [0, 0.05) is 43.0 Å². The van der Waals surface area contributed by atoms with Crippen molar-refractivity contribution in [1.29, 1.82) is 0 Å². The molecule has 0 radical (unpaired) electrons. The summed E-state index contributed by atoms with van der Waals surface area (Å²) in [5.74, 6) is 1.12. The molecule has 11 heteroatoms. The van der Waals surface area contributed by atoms with Crippen molar-refractivity contribution in [2.75, 3.05) is 25.1 Å². The largest absolute Gasteiger partial charge is 0.469 e. The zero-order valence-electron chi connectivity index (χ0n) is 21.6. The predicted octanol–water partition coefficient (Wildman–Crippen LogP) is 4.32. The van der Waals surface area contributed by atoms with Crippen LogP contribution < -0.4 is 9.64 Å². The van der Waals surface area contributed by atoms with E-state index < -0.39 is 6.61 Å². The van der Waals surface area contributed by atoms with Gasteiger partial charge in [0.15, 0.2) is 5.65 Å². The smallest absolute Gasteiger partial charge is 0.387 e. The molecule has 3 atom stereocenters. The first kappa shape index (κ1) is 25.1. The highest BCUT2D eigenvalue weighted by Gasteiger charge is 2.47. The van der Waals surface area contributed by atoms with Gasteiger partial charge in [0.2, 0.25) is 5.95 Å². The molecule has 2 aliphatic rings. The maximum absolute atomic E-state index is 12.9. The first-order chi connectivity index (χ1) is 18.9. The number of esters is 1. The number of imidazole rings is 1. The second kappa shape index (κ2) is 10.2. The lowest BCUT2D eigenvalue weighted by molar-refractivity contribution is -0.148. The van der Waals surface area contributed by atoms with Crippen LogP contribution in [0.1, 0.15) is 29.8 Å². The van der Waals surface area contributed by atoms with Crippen LogP contribution in [0.5, 0.6) is 5.75 Å². The van der Waals surface area contributed by atoms with Crippen molar-refractivity contribution in [1.82, 2.24) is 24.6 Å². The molecule has 202 valence electrons. The molecule has 1 aromatic carbocycles. The van der Waals surface area contributed by atoms with Gasteiger partial charge in [-0.1, -0.05) is 18.2 Å². The van der Waals surface area contributed by atoms with E-state index >= 15 is 0 Å². The van der Waals surface area contributed by atoms with Crippen LogP contribution >= 0.6 is 0 Å². The predicted molar refractivity (Wildman–Crippen MR) is 139 cm³/mol. The summed E-state index contributed by atoms with van der Waals surface area (Å²) in [6.07, 6.45) is 5.84. The average molecular weight is 535 g/mol. The molecule has 2 bridgehead atoms. The molecular formula is C28H28F2N6O3. The van der Waals surface area contributed by atoms with Gasteiger partial charge < -0.3 is 14.4 Å². The van der Waals surface area contributed by atoms with Gasteiger partial charge in [0.25, 0.3) is 0 Å². The second-order valence-corrected chi connectivity index (χ2v) is 10.1. The molecule has 1 aliphatic heterocycles. The van der Waals surface area contributed by atoms with Crippen molar-refractivity contribution in [3.8, 4) is 17.0 Å². The minimum absolute atomic E-state index is 0.0387. The first-order valence-corrected chi connectivity index (χ1v) is 12.9. The molecule has 4 heterocycles. The van der Waals surface area contributed by atoms with Crippen molar-refractivity contribution in [3.05, 3.63) is 65.7 Å². The molecule has 1 aliphatic carbocycles. The van der Waals surface area contributed by atoms with Crippen LogP contribution in [0.2, 0.25) is 0 Å². The zero-order valence-corrected chi connectivity index (χ0v) is 21.6. The van der Waals surface area contributed by atoms with Crippen molar-refractivity contribution in [2.45, 2.75) is 32.8 Å². The number of carbonyl (C=O) groups is 1. The lowest BCUT2D eigenvalue weighted by Gasteiger charge is -2.36. The number of para-hydroxylation sites is 1. The molecule has 39 heavy (non-hydrogen) atoms. The molecular weight excluding hydrogens is 506 g/mol. The van der Waals surface area contributed by atoms with E-state index in [4.69, 9.17) is 14.6 Å². The number of hydrogen-bond acceptors (Lipinski definition) is 8. The summed E-state index contributed by atoms with van der Waals surface area (Å²) in [7, 11) is 1.45. The summed E-state index contributed by atoms with van der Waals surface area (Å²) in [6.45, 7) is 0.425. The number of benzene rings is 1. The van der Waals surface area contributed by atoms with Gasteiger partial charge in [0.05, 0.1) is 30.1 Å². The van der Waals surface area contributed by atoms with Crippen LogP contribution in [0.15, 0.2) is 48.8 Å². The van der Waals surface area contributed by atoms with Crippen LogP contribution in [0, 0.1) is 24.7 Å². The second-order valence-electron chi connectivity index (χ2n) is 10.1. The lowest BCUT2D eigenvalue weighted by atomic mass is 9.85. The third kappa shape index (κ3) is 4.77. The summed E-state index contributed by atoms with van der Waals surface area (Å²) in [4.78, 5) is 28.2. The number of aryl methyl sites for hydroxylation is 1. The normalized spacial score (nSPS) is 20.5. The van der Waals surface area contributed by atoms with Gasteiger partial charge in [-0.25, -0.2) is 19.5 Å². The van der Waals surface area contributed by atoms with E-state index in [1.54, 1.807) is 35.1 Å². The van der Waals surface area contributed by atoms with Gasteiger partial charge in [-0.05, 0) is 49.8 Å². The van der Waals surface area contributed by atoms with Crippen LogP contribution in [0.25, 0.3) is 16.9 Å². The van der Waals surface area contributed by atoms with E-state index in [2.05, 4.69) is 19.9 Å². The number of ether oxygens (including phenoxy) is 2. The minimum Gasteiger partial charge on any atom is -0.469 e. The SMILES string of the molecule is COC(=O)C1[C@@H]2CC[C@H]1CN(c1ncc(-c3ccc4nc(C)c(Cc5ccccc5OC(F)F)n4n3)cn1)C2. The molecule has 3 aromatic heterocycles. The fourth-order valence-corrected chi connectivity index (χ4v) is 6.01. The fraction of sp³-hybridized carbons (Fsp3) is 0.393. The van der Waals surface area contributed by atoms with Gasteiger partial charge in [0.1, 0.15) is 5.75 Å². The molecule has 0 N–H and O–H groups in total. The molecule has 0 amide bonds. The summed E-state index contributed by atoms with van der Waals surface area (Å²) in [5, 5.41) is 4.79. The number of hydrogen-bond donors (Lipinski definition) is 0. The maximum atomic E-state index is 12.9.